The van der Waals surface area contributed by atoms with Gasteiger partial charge < -0.3 is 4.90 Å². The Morgan fingerprint density at radius 2 is 1.87 bits per heavy atom. The molecule has 0 saturated carbocycles. The van der Waals surface area contributed by atoms with E-state index in [4.69, 9.17) is 0 Å². The first kappa shape index (κ1) is 17.6. The van der Waals surface area contributed by atoms with E-state index in [9.17, 15) is 18.0 Å². The molecule has 1 N–H and O–H groups in total. The van der Waals surface area contributed by atoms with E-state index in [1.165, 1.54) is 25.1 Å². The Balaban J connectivity index is 1.92. The Morgan fingerprint density at radius 1 is 1.17 bits per heavy atom. The highest BCUT2D eigenvalue weighted by molar-refractivity contribution is 7.89. The summed E-state index contributed by atoms with van der Waals surface area (Å²) in [5, 5.41) is 0. The smallest absolute Gasteiger partial charge is 0.240 e. The van der Waals surface area contributed by atoms with Crippen molar-refractivity contribution in [1.29, 1.82) is 0 Å². The third kappa shape index (κ3) is 4.87. The summed E-state index contributed by atoms with van der Waals surface area (Å²) in [5.74, 6) is -0.216. The molecule has 1 aromatic carbocycles. The monoisotopic (exact) mass is 338 g/mol. The summed E-state index contributed by atoms with van der Waals surface area (Å²) in [5.41, 5.74) is 0.345. The number of hydrogen-bond acceptors (Lipinski definition) is 4. The van der Waals surface area contributed by atoms with Gasteiger partial charge in [0.1, 0.15) is 0 Å². The molecule has 126 valence electrons. The van der Waals surface area contributed by atoms with E-state index in [1.54, 1.807) is 11.0 Å². The van der Waals surface area contributed by atoms with Crippen molar-refractivity contribution < 1.29 is 18.0 Å². The quantitative estimate of drug-likeness (QED) is 0.798. The number of nitrogens with one attached hydrogen (secondary N) is 1. The van der Waals surface area contributed by atoms with Crippen LogP contribution in [0.15, 0.2) is 29.2 Å². The van der Waals surface area contributed by atoms with Crippen molar-refractivity contribution >= 4 is 21.7 Å². The first-order chi connectivity index (χ1) is 10.9. The van der Waals surface area contributed by atoms with Gasteiger partial charge in [-0.15, -0.1) is 0 Å². The van der Waals surface area contributed by atoms with Gasteiger partial charge in [-0.1, -0.05) is 12.1 Å². The van der Waals surface area contributed by atoms with Gasteiger partial charge in [-0.05, 0) is 38.3 Å². The topological polar surface area (TPSA) is 83.5 Å². The minimum absolute atomic E-state index is 0.0233. The number of amides is 1. The molecule has 0 aromatic heterocycles. The predicted molar refractivity (Wildman–Crippen MR) is 86.7 cm³/mol. The van der Waals surface area contributed by atoms with Crippen LogP contribution in [0.2, 0.25) is 0 Å². The van der Waals surface area contributed by atoms with Gasteiger partial charge in [0.15, 0.2) is 5.78 Å². The van der Waals surface area contributed by atoms with Crippen molar-refractivity contribution in [3.8, 4) is 0 Å². The molecule has 1 aliphatic heterocycles. The van der Waals surface area contributed by atoms with Crippen molar-refractivity contribution in [2.45, 2.75) is 37.5 Å². The maximum Gasteiger partial charge on any atom is 0.240 e. The molecule has 0 bridgehead atoms. The lowest BCUT2D eigenvalue weighted by molar-refractivity contribution is -0.131. The molecule has 7 heteroatoms. The molecule has 0 unspecified atom stereocenters. The van der Waals surface area contributed by atoms with Crippen LogP contribution in [0.25, 0.3) is 0 Å². The molecule has 2 rings (SSSR count). The van der Waals surface area contributed by atoms with Crippen LogP contribution in [-0.4, -0.2) is 44.6 Å². The number of likely N-dealkylation sites (tertiary alicyclic amines) is 1. The van der Waals surface area contributed by atoms with Gasteiger partial charge in [0.05, 0.1) is 4.90 Å². The highest BCUT2D eigenvalue weighted by atomic mass is 32.2. The second-order valence-electron chi connectivity index (χ2n) is 5.67. The van der Waals surface area contributed by atoms with Gasteiger partial charge >= 0.3 is 0 Å². The van der Waals surface area contributed by atoms with Crippen molar-refractivity contribution in [2.24, 2.45) is 0 Å². The zero-order valence-corrected chi connectivity index (χ0v) is 14.1. The summed E-state index contributed by atoms with van der Waals surface area (Å²) in [4.78, 5) is 25.2. The highest BCUT2D eigenvalue weighted by Gasteiger charge is 2.18. The molecule has 6 nitrogen and oxygen atoms in total. The molecule has 1 fully saturated rings. The number of carbonyl (C=O) groups excluding carboxylic acids is 2. The largest absolute Gasteiger partial charge is 0.343 e. The van der Waals surface area contributed by atoms with Gasteiger partial charge in [-0.25, -0.2) is 13.1 Å². The van der Waals surface area contributed by atoms with Crippen LogP contribution in [-0.2, 0) is 14.8 Å². The molecule has 1 saturated heterocycles. The fourth-order valence-corrected chi connectivity index (χ4v) is 3.64. The fraction of sp³-hybridized carbons (Fsp3) is 0.500. The van der Waals surface area contributed by atoms with Crippen LogP contribution < -0.4 is 4.72 Å². The van der Waals surface area contributed by atoms with Crippen LogP contribution in [0.1, 0.15) is 43.0 Å². The lowest BCUT2D eigenvalue weighted by Gasteiger charge is -2.26. The normalized spacial score (nSPS) is 15.4. The number of Topliss-reactive ketones (excluding diaryl/α,β-unsaturated/α-hetero) is 1. The Morgan fingerprint density at radius 3 is 2.52 bits per heavy atom. The molecule has 0 spiro atoms. The number of hydrogen-bond donors (Lipinski definition) is 1. The van der Waals surface area contributed by atoms with Crippen molar-refractivity contribution in [2.75, 3.05) is 19.6 Å². The van der Waals surface area contributed by atoms with Crippen molar-refractivity contribution in [3.63, 3.8) is 0 Å². The summed E-state index contributed by atoms with van der Waals surface area (Å²) >= 11 is 0. The van der Waals surface area contributed by atoms with Crippen LogP contribution in [0.4, 0.5) is 0 Å². The SMILES string of the molecule is CC(=O)c1cccc(S(=O)(=O)NCCC(=O)N2CCCCC2)c1. The van der Waals surface area contributed by atoms with E-state index in [1.807, 2.05) is 0 Å². The van der Waals surface area contributed by atoms with Gasteiger partial charge in [-0.2, -0.15) is 0 Å². The summed E-state index contributed by atoms with van der Waals surface area (Å²) in [6.45, 7) is 2.96. The third-order valence-corrected chi connectivity index (χ3v) is 5.35. The number of nitrogens with zero attached hydrogens (tertiary/aromatic N) is 1. The number of carbonyl (C=O) groups is 2. The van der Waals surface area contributed by atoms with E-state index in [-0.39, 0.29) is 29.6 Å². The molecule has 0 aliphatic carbocycles. The molecular formula is C16H22N2O4S. The summed E-state index contributed by atoms with van der Waals surface area (Å²) in [7, 11) is -3.72. The lowest BCUT2D eigenvalue weighted by Crippen LogP contribution is -2.37. The Hall–Kier alpha value is -1.73. The van der Waals surface area contributed by atoms with Gasteiger partial charge in [0, 0.05) is 31.6 Å². The Kier molecular flexibility index (Phi) is 5.90. The first-order valence-corrected chi connectivity index (χ1v) is 9.27. The zero-order valence-electron chi connectivity index (χ0n) is 13.2. The number of ketones is 1. The molecule has 1 aromatic rings. The van der Waals surface area contributed by atoms with E-state index < -0.39 is 10.0 Å². The summed E-state index contributed by atoms with van der Waals surface area (Å²) in [6.07, 6.45) is 3.30. The van der Waals surface area contributed by atoms with Crippen LogP contribution in [0, 0.1) is 0 Å². The fourth-order valence-electron chi connectivity index (χ4n) is 2.56. The molecular weight excluding hydrogens is 316 g/mol. The number of rotatable bonds is 6. The molecule has 1 aliphatic rings. The first-order valence-electron chi connectivity index (χ1n) is 7.78. The van der Waals surface area contributed by atoms with Gasteiger partial charge in [0.2, 0.25) is 15.9 Å². The van der Waals surface area contributed by atoms with E-state index in [2.05, 4.69) is 4.72 Å². The molecule has 23 heavy (non-hydrogen) atoms. The second kappa shape index (κ2) is 7.70. The van der Waals surface area contributed by atoms with Gasteiger partial charge in [-0.3, -0.25) is 9.59 Å². The minimum Gasteiger partial charge on any atom is -0.343 e. The third-order valence-electron chi connectivity index (χ3n) is 3.89. The number of benzene rings is 1. The van der Waals surface area contributed by atoms with Crippen molar-refractivity contribution in [1.82, 2.24) is 9.62 Å². The second-order valence-corrected chi connectivity index (χ2v) is 7.44. The maximum atomic E-state index is 12.2. The predicted octanol–water partition coefficient (Wildman–Crippen LogP) is 1.57. The summed E-state index contributed by atoms with van der Waals surface area (Å²) in [6, 6.07) is 5.88. The van der Waals surface area contributed by atoms with Crippen LogP contribution in [0.5, 0.6) is 0 Å². The lowest BCUT2D eigenvalue weighted by atomic mass is 10.1. The molecule has 1 heterocycles. The van der Waals surface area contributed by atoms with Crippen LogP contribution >= 0.6 is 0 Å². The van der Waals surface area contributed by atoms with Crippen LogP contribution in [0.3, 0.4) is 0 Å². The van der Waals surface area contributed by atoms with E-state index in [0.29, 0.717) is 5.56 Å². The van der Waals surface area contributed by atoms with E-state index in [0.717, 1.165) is 32.4 Å². The Labute approximate surface area is 136 Å². The number of sulfonamides is 1. The Bertz CT molecular complexity index is 679. The molecule has 0 radical (unpaired) electrons. The van der Waals surface area contributed by atoms with Crippen molar-refractivity contribution in [3.05, 3.63) is 29.8 Å². The summed E-state index contributed by atoms with van der Waals surface area (Å²) < 4.78 is 26.9. The zero-order chi connectivity index (χ0) is 16.9. The number of piperidine rings is 1. The average molecular weight is 338 g/mol. The average Bonchev–Trinajstić information content (AvgIpc) is 2.55. The molecule has 0 atom stereocenters. The minimum atomic E-state index is -3.72. The molecule has 1 amide bonds. The van der Waals surface area contributed by atoms with E-state index >= 15 is 0 Å². The van der Waals surface area contributed by atoms with Gasteiger partial charge in [0.25, 0.3) is 0 Å². The maximum absolute atomic E-state index is 12.2. The standard InChI is InChI=1S/C16H22N2O4S/c1-13(19)14-6-5-7-15(12-14)23(21,22)17-9-8-16(20)18-10-3-2-4-11-18/h5-7,12,17H,2-4,8-11H2,1H3. The highest BCUT2D eigenvalue weighted by Crippen LogP contribution is 2.13.